The zero-order chi connectivity index (χ0) is 19.1. The summed E-state index contributed by atoms with van der Waals surface area (Å²) in [5.41, 5.74) is 1.10. The van der Waals surface area contributed by atoms with Crippen molar-refractivity contribution in [2.24, 2.45) is 0 Å². The number of rotatable bonds is 9. The van der Waals surface area contributed by atoms with E-state index in [1.165, 1.54) is 12.1 Å². The highest BCUT2D eigenvalue weighted by molar-refractivity contribution is 7.95. The molecule has 0 aromatic heterocycles. The van der Waals surface area contributed by atoms with Crippen LogP contribution in [0.5, 0.6) is 11.5 Å². The number of carbonyl (C=O) groups excluding carboxylic acids is 1. The lowest BCUT2D eigenvalue weighted by Gasteiger charge is -2.25. The molecule has 1 aliphatic heterocycles. The second-order valence-electron chi connectivity index (χ2n) is 6.87. The molecule has 1 amide bonds. The Balaban J connectivity index is 1.98. The summed E-state index contributed by atoms with van der Waals surface area (Å²) in [5, 5.41) is 0. The summed E-state index contributed by atoms with van der Waals surface area (Å²) in [6.07, 6.45) is 4.24. The van der Waals surface area contributed by atoms with E-state index in [-0.39, 0.29) is 12.2 Å². The Morgan fingerprint density at radius 3 is 2.46 bits per heavy atom. The van der Waals surface area contributed by atoms with E-state index in [0.717, 1.165) is 44.3 Å². The summed E-state index contributed by atoms with van der Waals surface area (Å²) >= 11 is 1.44. The van der Waals surface area contributed by atoms with Crippen LogP contribution in [0.4, 0.5) is 4.79 Å². The molecule has 0 fully saturated rings. The Morgan fingerprint density at radius 2 is 1.85 bits per heavy atom. The minimum Gasteiger partial charge on any atom is -0.486 e. The van der Waals surface area contributed by atoms with E-state index in [1.807, 2.05) is 19.1 Å². The number of para-hydroxylation sites is 1. The number of fused-ring (bicyclic) bond motifs is 1. The summed E-state index contributed by atoms with van der Waals surface area (Å²) < 4.78 is 15.3. The Bertz CT molecular complexity index is 588. The van der Waals surface area contributed by atoms with Crippen LogP contribution in [0.25, 0.3) is 0 Å². The fraction of sp³-hybridized carbons (Fsp3) is 0.650. The fourth-order valence-electron chi connectivity index (χ4n) is 2.87. The van der Waals surface area contributed by atoms with Crippen molar-refractivity contribution in [3.05, 3.63) is 23.8 Å². The first-order valence-corrected chi connectivity index (χ1v) is 10.4. The molecule has 6 heteroatoms. The zero-order valence-corrected chi connectivity index (χ0v) is 17.5. The molecule has 1 aromatic carbocycles. The maximum atomic E-state index is 12.6. The first-order valence-electron chi connectivity index (χ1n) is 9.66. The number of hydrogen-bond acceptors (Lipinski definition) is 5. The molecule has 1 heterocycles. The first-order chi connectivity index (χ1) is 12.5. The van der Waals surface area contributed by atoms with Crippen molar-refractivity contribution in [2.75, 3.05) is 20.1 Å². The molecular formula is C20H32N2O3S. The van der Waals surface area contributed by atoms with Crippen molar-refractivity contribution in [1.82, 2.24) is 8.61 Å². The molecule has 2 atom stereocenters. The fourth-order valence-corrected chi connectivity index (χ4v) is 3.74. The van der Waals surface area contributed by atoms with Crippen LogP contribution >= 0.6 is 12.1 Å². The van der Waals surface area contributed by atoms with Gasteiger partial charge in [0.25, 0.3) is 0 Å². The third-order valence-corrected chi connectivity index (χ3v) is 5.71. The average Bonchev–Trinajstić information content (AvgIpc) is 2.92. The van der Waals surface area contributed by atoms with Crippen molar-refractivity contribution < 1.29 is 14.3 Å². The van der Waals surface area contributed by atoms with Gasteiger partial charge in [0, 0.05) is 43.8 Å². The number of benzene rings is 1. The van der Waals surface area contributed by atoms with Gasteiger partial charge in [-0.05, 0) is 25.8 Å². The lowest BCUT2D eigenvalue weighted by molar-refractivity contribution is 0.180. The van der Waals surface area contributed by atoms with Crippen LogP contribution in [0.15, 0.2) is 18.2 Å². The van der Waals surface area contributed by atoms with Crippen molar-refractivity contribution in [1.29, 1.82) is 0 Å². The van der Waals surface area contributed by atoms with E-state index < -0.39 is 0 Å². The summed E-state index contributed by atoms with van der Waals surface area (Å²) in [7, 11) is 1.76. The van der Waals surface area contributed by atoms with Crippen LogP contribution in [0, 0.1) is 0 Å². The second-order valence-corrected chi connectivity index (χ2v) is 8.10. The second kappa shape index (κ2) is 10.1. The maximum Gasteiger partial charge on any atom is 0.426 e. The summed E-state index contributed by atoms with van der Waals surface area (Å²) in [4.78, 5) is 12.6. The molecule has 0 bridgehead atoms. The van der Waals surface area contributed by atoms with Gasteiger partial charge in [-0.3, -0.25) is 0 Å². The quantitative estimate of drug-likeness (QED) is 0.532. The van der Waals surface area contributed by atoms with Crippen LogP contribution in [0.1, 0.15) is 64.9 Å². The molecule has 0 spiro atoms. The lowest BCUT2D eigenvalue weighted by atomic mass is 9.98. The number of ether oxygens (including phenoxy) is 2. The standard InChI is InChI=1S/C20H32N2O3S/c1-6-8-13-22(14-9-7-2)26-21(5)20(23)25-18-12-10-11-17-15(3)16(4)24-19(17)18/h10-12,15-16H,6-9,13-14H2,1-5H3. The highest BCUT2D eigenvalue weighted by Gasteiger charge is 2.31. The van der Waals surface area contributed by atoms with Crippen LogP contribution in [0.3, 0.4) is 0 Å². The largest absolute Gasteiger partial charge is 0.486 e. The van der Waals surface area contributed by atoms with E-state index in [9.17, 15) is 4.79 Å². The SMILES string of the molecule is CCCCN(CCCC)SN(C)C(=O)Oc1cccc2c1OC(C)C2C. The molecule has 5 nitrogen and oxygen atoms in total. The predicted molar refractivity (Wildman–Crippen MR) is 108 cm³/mol. The van der Waals surface area contributed by atoms with Crippen LogP contribution in [-0.4, -0.2) is 40.9 Å². The maximum absolute atomic E-state index is 12.6. The molecule has 26 heavy (non-hydrogen) atoms. The molecule has 0 radical (unpaired) electrons. The van der Waals surface area contributed by atoms with Gasteiger partial charge in [0.15, 0.2) is 11.5 Å². The number of hydrogen-bond donors (Lipinski definition) is 0. The van der Waals surface area contributed by atoms with Gasteiger partial charge in [-0.1, -0.05) is 45.7 Å². The molecule has 1 aliphatic rings. The summed E-state index contributed by atoms with van der Waals surface area (Å²) in [5.74, 6) is 1.51. The van der Waals surface area contributed by atoms with Crippen molar-refractivity contribution in [3.63, 3.8) is 0 Å². The molecule has 0 aliphatic carbocycles. The Morgan fingerprint density at radius 1 is 1.19 bits per heavy atom. The normalized spacial score (nSPS) is 18.5. The highest BCUT2D eigenvalue weighted by Crippen LogP contribution is 2.44. The minimum atomic E-state index is -0.378. The third kappa shape index (κ3) is 5.30. The van der Waals surface area contributed by atoms with E-state index >= 15 is 0 Å². The molecule has 146 valence electrons. The van der Waals surface area contributed by atoms with Gasteiger partial charge in [0.1, 0.15) is 6.10 Å². The average molecular weight is 381 g/mol. The molecule has 0 saturated carbocycles. The van der Waals surface area contributed by atoms with Gasteiger partial charge < -0.3 is 9.47 Å². The predicted octanol–water partition coefficient (Wildman–Crippen LogP) is 5.47. The van der Waals surface area contributed by atoms with Gasteiger partial charge in [0.05, 0.1) is 0 Å². The van der Waals surface area contributed by atoms with Gasteiger partial charge in [-0.25, -0.2) is 13.4 Å². The summed E-state index contributed by atoms with van der Waals surface area (Å²) in [6, 6.07) is 5.75. The minimum absolute atomic E-state index is 0.0931. The Kier molecular flexibility index (Phi) is 8.10. The smallest absolute Gasteiger partial charge is 0.426 e. The van der Waals surface area contributed by atoms with E-state index in [0.29, 0.717) is 17.4 Å². The number of unbranched alkanes of at least 4 members (excludes halogenated alkanes) is 2. The highest BCUT2D eigenvalue weighted by atomic mass is 32.2. The van der Waals surface area contributed by atoms with Gasteiger partial charge in [-0.15, -0.1) is 0 Å². The summed E-state index contributed by atoms with van der Waals surface area (Å²) in [6.45, 7) is 10.5. The third-order valence-electron chi connectivity index (χ3n) is 4.72. The van der Waals surface area contributed by atoms with E-state index in [4.69, 9.17) is 9.47 Å². The van der Waals surface area contributed by atoms with Crippen LogP contribution in [-0.2, 0) is 0 Å². The Hall–Kier alpha value is -1.40. The van der Waals surface area contributed by atoms with Crippen LogP contribution in [0.2, 0.25) is 0 Å². The molecule has 0 N–H and O–H groups in total. The van der Waals surface area contributed by atoms with Gasteiger partial charge >= 0.3 is 6.09 Å². The van der Waals surface area contributed by atoms with Crippen molar-refractivity contribution in [3.8, 4) is 11.5 Å². The van der Waals surface area contributed by atoms with E-state index in [1.54, 1.807) is 17.4 Å². The topological polar surface area (TPSA) is 42.0 Å². The lowest BCUT2D eigenvalue weighted by Crippen LogP contribution is -2.30. The molecule has 2 unspecified atom stereocenters. The molecule has 2 rings (SSSR count). The zero-order valence-electron chi connectivity index (χ0n) is 16.7. The number of amides is 1. The number of carbonyl (C=O) groups is 1. The van der Waals surface area contributed by atoms with Crippen molar-refractivity contribution in [2.45, 2.75) is 65.4 Å². The molecule has 1 aromatic rings. The molecule has 0 saturated heterocycles. The molecular weight excluding hydrogens is 348 g/mol. The van der Waals surface area contributed by atoms with Crippen LogP contribution < -0.4 is 9.47 Å². The first kappa shape index (κ1) is 20.9. The monoisotopic (exact) mass is 380 g/mol. The van der Waals surface area contributed by atoms with Crippen molar-refractivity contribution >= 4 is 18.2 Å². The Labute approximate surface area is 162 Å². The number of nitrogens with zero attached hydrogens (tertiary/aromatic N) is 2. The van der Waals surface area contributed by atoms with E-state index in [2.05, 4.69) is 25.1 Å². The van der Waals surface area contributed by atoms with Gasteiger partial charge in [0.2, 0.25) is 0 Å². The van der Waals surface area contributed by atoms with Gasteiger partial charge in [-0.2, -0.15) is 0 Å².